The largest absolute Gasteiger partial charge is 0.364 e. The monoisotopic (exact) mass is 477 g/mol. The Morgan fingerprint density at radius 3 is 2.18 bits per heavy atom. The van der Waals surface area contributed by atoms with Crippen molar-refractivity contribution in [3.63, 3.8) is 0 Å². The van der Waals surface area contributed by atoms with E-state index in [1.165, 1.54) is 93.7 Å². The maximum Gasteiger partial charge on any atom is 0.364 e. The first-order chi connectivity index (χ1) is 16.0. The summed E-state index contributed by atoms with van der Waals surface area (Å²) >= 11 is 5.83. The minimum absolute atomic E-state index is 0.0562. The van der Waals surface area contributed by atoms with Gasteiger partial charge in [0.05, 0.1) is 11.1 Å². The maximum atomic E-state index is 12.0. The number of H-pyrrole nitrogens is 1. The third-order valence-electron chi connectivity index (χ3n) is 5.71. The number of nitro benzene ring substituents is 1. The topological polar surface area (TPSA) is 106 Å². The van der Waals surface area contributed by atoms with E-state index in [9.17, 15) is 14.9 Å². The molecular formula is C24H36ClN5O3. The first-order valence-corrected chi connectivity index (χ1v) is 12.5. The lowest BCUT2D eigenvalue weighted by atomic mass is 10.0. The molecule has 0 fully saturated rings. The highest BCUT2D eigenvalue weighted by molar-refractivity contribution is 6.32. The summed E-state index contributed by atoms with van der Waals surface area (Å²) in [5, 5.41) is 21.7. The number of unbranched alkanes of at least 4 members (excludes halogenated alkanes) is 12. The zero-order chi connectivity index (χ0) is 23.9. The molecule has 0 atom stereocenters. The number of hydrogen-bond acceptors (Lipinski definition) is 5. The first kappa shape index (κ1) is 26.8. The number of aromatic nitrogens is 3. The van der Waals surface area contributed by atoms with Crippen LogP contribution in [0, 0.1) is 10.1 Å². The van der Waals surface area contributed by atoms with Crippen LogP contribution in [0.5, 0.6) is 0 Å². The molecule has 0 amide bonds. The standard InChI is InChI=1S/C24H36ClN5O3/c1-2-3-4-5-6-7-8-9-10-11-12-13-14-15-23-27-28-24(31)29(23)26-19-20-16-17-21(25)22(18-20)30(32)33/h16-19H,2-15H2,1H3,(H,28,31). The van der Waals surface area contributed by atoms with Gasteiger partial charge in [-0.05, 0) is 12.5 Å². The molecule has 1 N–H and O–H groups in total. The summed E-state index contributed by atoms with van der Waals surface area (Å²) in [7, 11) is 0. The number of benzene rings is 1. The van der Waals surface area contributed by atoms with Gasteiger partial charge in [-0.25, -0.2) is 9.89 Å². The minimum Gasteiger partial charge on any atom is -0.258 e. The molecule has 8 nitrogen and oxygen atoms in total. The van der Waals surface area contributed by atoms with Gasteiger partial charge in [-0.2, -0.15) is 14.9 Å². The average Bonchev–Trinajstić information content (AvgIpc) is 3.15. The Labute approximate surface area is 200 Å². The van der Waals surface area contributed by atoms with Crippen LogP contribution in [0.3, 0.4) is 0 Å². The lowest BCUT2D eigenvalue weighted by molar-refractivity contribution is -0.384. The summed E-state index contributed by atoms with van der Waals surface area (Å²) in [6.07, 6.45) is 18.6. The number of rotatable bonds is 17. The summed E-state index contributed by atoms with van der Waals surface area (Å²) in [6, 6.07) is 4.37. The Balaban J connectivity index is 1.68. The number of nitrogens with zero attached hydrogens (tertiary/aromatic N) is 4. The highest BCUT2D eigenvalue weighted by Crippen LogP contribution is 2.24. The van der Waals surface area contributed by atoms with Crippen molar-refractivity contribution >= 4 is 23.5 Å². The van der Waals surface area contributed by atoms with Gasteiger partial charge in [0.15, 0.2) is 5.82 Å². The number of aryl methyl sites for hydroxylation is 1. The number of nitro groups is 1. The minimum atomic E-state index is -0.552. The fourth-order valence-electron chi connectivity index (χ4n) is 3.78. The second kappa shape index (κ2) is 15.4. The van der Waals surface area contributed by atoms with Crippen molar-refractivity contribution in [3.05, 3.63) is 55.2 Å². The summed E-state index contributed by atoms with van der Waals surface area (Å²) in [5.74, 6) is 0.558. The van der Waals surface area contributed by atoms with E-state index in [4.69, 9.17) is 11.6 Å². The molecule has 0 saturated carbocycles. The van der Waals surface area contributed by atoms with Crippen LogP contribution in [-0.2, 0) is 6.42 Å². The molecule has 2 aromatic rings. The van der Waals surface area contributed by atoms with E-state index in [0.717, 1.165) is 12.8 Å². The molecule has 182 valence electrons. The van der Waals surface area contributed by atoms with Gasteiger partial charge < -0.3 is 0 Å². The maximum absolute atomic E-state index is 12.0. The van der Waals surface area contributed by atoms with Crippen molar-refractivity contribution in [1.29, 1.82) is 0 Å². The van der Waals surface area contributed by atoms with Crippen LogP contribution in [-0.4, -0.2) is 26.0 Å². The highest BCUT2D eigenvalue weighted by Gasteiger charge is 2.12. The number of aromatic amines is 1. The molecule has 9 heteroatoms. The molecule has 2 rings (SSSR count). The molecule has 0 aliphatic carbocycles. The molecule has 0 unspecified atom stereocenters. The Morgan fingerprint density at radius 1 is 1.03 bits per heavy atom. The van der Waals surface area contributed by atoms with Crippen molar-refractivity contribution in [1.82, 2.24) is 14.9 Å². The van der Waals surface area contributed by atoms with Gasteiger partial charge in [-0.15, -0.1) is 0 Å². The Morgan fingerprint density at radius 2 is 1.61 bits per heavy atom. The molecule has 0 saturated heterocycles. The van der Waals surface area contributed by atoms with E-state index >= 15 is 0 Å². The van der Waals surface area contributed by atoms with Crippen LogP contribution in [0.1, 0.15) is 102 Å². The summed E-state index contributed by atoms with van der Waals surface area (Å²) in [4.78, 5) is 22.5. The number of halogens is 1. The lowest BCUT2D eigenvalue weighted by Crippen LogP contribution is -2.15. The first-order valence-electron chi connectivity index (χ1n) is 12.2. The zero-order valence-corrected chi connectivity index (χ0v) is 20.4. The molecule has 0 radical (unpaired) electrons. The highest BCUT2D eigenvalue weighted by atomic mass is 35.5. The Kier molecular flexibility index (Phi) is 12.5. The van der Waals surface area contributed by atoms with Crippen molar-refractivity contribution in [3.8, 4) is 0 Å². The van der Waals surface area contributed by atoms with E-state index in [2.05, 4.69) is 22.2 Å². The molecule has 1 aromatic carbocycles. The fraction of sp³-hybridized carbons (Fsp3) is 0.625. The Bertz CT molecular complexity index is 938. The predicted molar refractivity (Wildman–Crippen MR) is 133 cm³/mol. The van der Waals surface area contributed by atoms with Gasteiger partial charge in [0.2, 0.25) is 0 Å². The van der Waals surface area contributed by atoms with Crippen molar-refractivity contribution < 1.29 is 4.92 Å². The van der Waals surface area contributed by atoms with Crippen LogP contribution in [0.2, 0.25) is 5.02 Å². The third kappa shape index (κ3) is 9.90. The van der Waals surface area contributed by atoms with Gasteiger partial charge in [-0.3, -0.25) is 10.1 Å². The third-order valence-corrected chi connectivity index (χ3v) is 6.03. The molecule has 0 spiro atoms. The second-order valence-corrected chi connectivity index (χ2v) is 8.87. The van der Waals surface area contributed by atoms with Crippen LogP contribution in [0.15, 0.2) is 28.1 Å². The number of hydrogen-bond donors (Lipinski definition) is 1. The molecule has 0 bridgehead atoms. The normalized spacial score (nSPS) is 11.5. The van der Waals surface area contributed by atoms with Crippen molar-refractivity contribution in [2.75, 3.05) is 0 Å². The van der Waals surface area contributed by atoms with E-state index in [1.807, 2.05) is 0 Å². The second-order valence-electron chi connectivity index (χ2n) is 8.46. The van der Waals surface area contributed by atoms with Crippen LogP contribution in [0.4, 0.5) is 5.69 Å². The zero-order valence-electron chi connectivity index (χ0n) is 19.6. The van der Waals surface area contributed by atoms with E-state index in [0.29, 0.717) is 17.8 Å². The van der Waals surface area contributed by atoms with Gasteiger partial charge >= 0.3 is 5.69 Å². The quantitative estimate of drug-likeness (QED) is 0.119. The smallest absolute Gasteiger partial charge is 0.258 e. The molecule has 33 heavy (non-hydrogen) atoms. The van der Waals surface area contributed by atoms with Gasteiger partial charge in [0.1, 0.15) is 5.02 Å². The summed E-state index contributed by atoms with van der Waals surface area (Å²) in [6.45, 7) is 2.25. The summed E-state index contributed by atoms with van der Waals surface area (Å²) < 4.78 is 1.21. The van der Waals surface area contributed by atoms with Crippen LogP contribution in [0.25, 0.3) is 0 Å². The lowest BCUT2D eigenvalue weighted by Gasteiger charge is -2.03. The van der Waals surface area contributed by atoms with E-state index in [-0.39, 0.29) is 10.7 Å². The molecule has 1 heterocycles. The fourth-order valence-corrected chi connectivity index (χ4v) is 3.97. The predicted octanol–water partition coefficient (Wildman–Crippen LogP) is 6.65. The molecule has 0 aliphatic heterocycles. The van der Waals surface area contributed by atoms with Crippen LogP contribution >= 0.6 is 11.6 Å². The van der Waals surface area contributed by atoms with Gasteiger partial charge in [0.25, 0.3) is 5.69 Å². The van der Waals surface area contributed by atoms with Crippen molar-refractivity contribution in [2.45, 2.75) is 96.8 Å². The van der Waals surface area contributed by atoms with Gasteiger partial charge in [0, 0.05) is 18.1 Å². The van der Waals surface area contributed by atoms with Gasteiger partial charge in [-0.1, -0.05) is 102 Å². The van der Waals surface area contributed by atoms with E-state index < -0.39 is 10.6 Å². The van der Waals surface area contributed by atoms with E-state index in [1.54, 1.807) is 6.07 Å². The number of nitrogens with one attached hydrogen (secondary N) is 1. The van der Waals surface area contributed by atoms with Crippen molar-refractivity contribution in [2.24, 2.45) is 5.10 Å². The molecular weight excluding hydrogens is 442 g/mol. The SMILES string of the molecule is CCCCCCCCCCCCCCCc1n[nH]c(=O)n1N=Cc1ccc(Cl)c([N+](=O)[O-])c1. The Hall–Kier alpha value is -2.48. The molecule has 0 aliphatic rings. The summed E-state index contributed by atoms with van der Waals surface area (Å²) in [5.41, 5.74) is -0.155. The van der Waals surface area contributed by atoms with Crippen LogP contribution < -0.4 is 5.69 Å². The average molecular weight is 478 g/mol. The molecule has 1 aromatic heterocycles.